The molecule has 0 aliphatic carbocycles. The third-order valence-corrected chi connectivity index (χ3v) is 3.04. The van der Waals surface area contributed by atoms with Gasteiger partial charge in [0.2, 0.25) is 0 Å². The number of rotatable bonds is 4. The molecule has 2 rings (SSSR count). The van der Waals surface area contributed by atoms with Crippen molar-refractivity contribution in [2.45, 2.75) is 25.8 Å². The number of nitrogens with zero attached hydrogens (tertiary/aromatic N) is 2. The van der Waals surface area contributed by atoms with Gasteiger partial charge in [0, 0.05) is 0 Å². The van der Waals surface area contributed by atoms with Crippen molar-refractivity contribution in [2.24, 2.45) is 0 Å². The first-order chi connectivity index (χ1) is 11.9. The highest BCUT2D eigenvalue weighted by molar-refractivity contribution is 5.78. The number of ether oxygens (including phenoxy) is 2. The first kappa shape index (κ1) is 19.3. The molecule has 0 aliphatic heterocycles. The number of carbonyl (C=O) groups is 2. The lowest BCUT2D eigenvalue weighted by atomic mass is 10.3. The van der Waals surface area contributed by atoms with E-state index in [0.29, 0.717) is 9.13 Å². The lowest BCUT2D eigenvalue weighted by molar-refractivity contribution is -0.203. The average Bonchev–Trinajstić information content (AvgIpc) is 2.80. The summed E-state index contributed by atoms with van der Waals surface area (Å²) in [5.74, 6) is -5.10. The zero-order valence-electron chi connectivity index (χ0n) is 12.4. The molecule has 1 heterocycles. The monoisotopic (exact) mass is 386 g/mol. The maximum Gasteiger partial charge on any atom is 0.490 e. The maximum absolute atomic E-state index is 12.2. The molecule has 7 nitrogen and oxygen atoms in total. The molecular weight excluding hydrogens is 378 g/mol. The molecule has 0 aliphatic rings. The summed E-state index contributed by atoms with van der Waals surface area (Å²) in [7, 11) is 0. The van der Waals surface area contributed by atoms with Gasteiger partial charge in [0.1, 0.15) is 0 Å². The van der Waals surface area contributed by atoms with Gasteiger partial charge >= 0.3 is 30.0 Å². The largest absolute Gasteiger partial charge is 0.490 e. The molecular formula is C13H8F6N2O5. The van der Waals surface area contributed by atoms with Crippen LogP contribution in [0.4, 0.5) is 26.3 Å². The van der Waals surface area contributed by atoms with Gasteiger partial charge in [0.05, 0.1) is 11.0 Å². The van der Waals surface area contributed by atoms with E-state index >= 15 is 0 Å². The summed E-state index contributed by atoms with van der Waals surface area (Å²) in [6, 6.07) is 5.27. The van der Waals surface area contributed by atoms with Crippen LogP contribution in [0, 0.1) is 0 Å². The Morgan fingerprint density at radius 1 is 0.808 bits per heavy atom. The van der Waals surface area contributed by atoms with Gasteiger partial charge in [-0.2, -0.15) is 26.3 Å². The van der Waals surface area contributed by atoms with Crippen molar-refractivity contribution in [1.29, 1.82) is 0 Å². The van der Waals surface area contributed by atoms with Crippen molar-refractivity contribution in [3.8, 4) is 0 Å². The van der Waals surface area contributed by atoms with E-state index in [9.17, 15) is 40.7 Å². The molecule has 0 bridgehead atoms. The normalized spacial score (nSPS) is 12.2. The number of aromatic nitrogens is 2. The number of carbonyl (C=O) groups excluding carboxylic acids is 2. The number of para-hydroxylation sites is 2. The van der Waals surface area contributed by atoms with Crippen molar-refractivity contribution in [2.75, 3.05) is 0 Å². The van der Waals surface area contributed by atoms with Crippen LogP contribution in [-0.4, -0.2) is 33.4 Å². The van der Waals surface area contributed by atoms with Crippen molar-refractivity contribution in [1.82, 2.24) is 9.13 Å². The molecule has 26 heavy (non-hydrogen) atoms. The van der Waals surface area contributed by atoms with Gasteiger partial charge in [-0.3, -0.25) is 9.13 Å². The Balaban J connectivity index is 2.32. The highest BCUT2D eigenvalue weighted by atomic mass is 19.4. The van der Waals surface area contributed by atoms with Gasteiger partial charge in [0.25, 0.3) is 0 Å². The Morgan fingerprint density at radius 2 is 1.15 bits per heavy atom. The zero-order chi connectivity index (χ0) is 19.7. The highest BCUT2D eigenvalue weighted by Crippen LogP contribution is 2.19. The van der Waals surface area contributed by atoms with E-state index in [1.807, 2.05) is 0 Å². The number of hydrogen-bond acceptors (Lipinski definition) is 5. The van der Waals surface area contributed by atoms with Crippen LogP contribution in [0.1, 0.15) is 0 Å². The fourth-order valence-electron chi connectivity index (χ4n) is 1.93. The summed E-state index contributed by atoms with van der Waals surface area (Å²) in [4.78, 5) is 33.7. The van der Waals surface area contributed by atoms with E-state index in [-0.39, 0.29) is 11.0 Å². The fraction of sp³-hybridized carbons (Fsp3) is 0.308. The summed E-state index contributed by atoms with van der Waals surface area (Å²) >= 11 is 0. The Hall–Kier alpha value is -2.99. The van der Waals surface area contributed by atoms with Crippen LogP contribution >= 0.6 is 0 Å². The molecule has 0 spiro atoms. The summed E-state index contributed by atoms with van der Waals surface area (Å²) in [6.45, 7) is -2.28. The van der Waals surface area contributed by atoms with E-state index in [4.69, 9.17) is 0 Å². The van der Waals surface area contributed by atoms with Gasteiger partial charge in [-0.1, -0.05) is 12.1 Å². The van der Waals surface area contributed by atoms with Gasteiger partial charge in [0.15, 0.2) is 13.5 Å². The molecule has 2 aromatic rings. The number of alkyl halides is 6. The molecule has 1 aromatic heterocycles. The number of hydrogen-bond donors (Lipinski definition) is 0. The Labute approximate surface area is 139 Å². The van der Waals surface area contributed by atoms with Gasteiger partial charge in [-0.15, -0.1) is 0 Å². The van der Waals surface area contributed by atoms with E-state index in [2.05, 4.69) is 9.47 Å². The Kier molecular flexibility index (Phi) is 5.00. The molecule has 0 atom stereocenters. The van der Waals surface area contributed by atoms with Crippen LogP contribution in [0.5, 0.6) is 0 Å². The minimum atomic E-state index is -5.29. The molecule has 0 saturated carbocycles. The van der Waals surface area contributed by atoms with Crippen molar-refractivity contribution in [3.63, 3.8) is 0 Å². The second-order valence-corrected chi connectivity index (χ2v) is 4.74. The lowest BCUT2D eigenvalue weighted by Gasteiger charge is -2.08. The minimum absolute atomic E-state index is 0.0458. The molecule has 0 radical (unpaired) electrons. The smallest absolute Gasteiger partial charge is 0.437 e. The molecule has 0 saturated heterocycles. The van der Waals surface area contributed by atoms with Crippen LogP contribution in [0.15, 0.2) is 29.1 Å². The highest BCUT2D eigenvalue weighted by Gasteiger charge is 2.42. The van der Waals surface area contributed by atoms with Gasteiger partial charge in [-0.05, 0) is 12.1 Å². The van der Waals surface area contributed by atoms with E-state index < -0.39 is 43.4 Å². The van der Waals surface area contributed by atoms with Crippen LogP contribution in [0.2, 0.25) is 0 Å². The van der Waals surface area contributed by atoms with Crippen LogP contribution < -0.4 is 5.69 Å². The van der Waals surface area contributed by atoms with Crippen LogP contribution in [-0.2, 0) is 32.5 Å². The third kappa shape index (κ3) is 3.97. The first-order valence-electron chi connectivity index (χ1n) is 6.59. The second kappa shape index (κ2) is 6.72. The standard InChI is InChI=1S/C13H8F6N2O5/c14-12(15,16)9(22)25-5-20-7-3-1-2-4-8(7)21(11(20)24)6-26-10(23)13(17,18)19/h1-4H,5-6H2. The Bertz CT molecular complexity index is 825. The number of fused-ring (bicyclic) bond motifs is 1. The summed E-state index contributed by atoms with van der Waals surface area (Å²) in [5.41, 5.74) is -1.23. The van der Waals surface area contributed by atoms with Crippen molar-refractivity contribution in [3.05, 3.63) is 34.7 Å². The number of esters is 2. The topological polar surface area (TPSA) is 79.5 Å². The quantitative estimate of drug-likeness (QED) is 0.593. The molecule has 13 heteroatoms. The molecule has 0 N–H and O–H groups in total. The van der Waals surface area contributed by atoms with E-state index in [1.165, 1.54) is 24.3 Å². The van der Waals surface area contributed by atoms with Crippen molar-refractivity contribution < 1.29 is 45.4 Å². The molecule has 0 fully saturated rings. The second-order valence-electron chi connectivity index (χ2n) is 4.74. The predicted octanol–water partition coefficient (Wildman–Crippen LogP) is 1.93. The number of imidazole rings is 1. The van der Waals surface area contributed by atoms with Crippen LogP contribution in [0.25, 0.3) is 11.0 Å². The molecule has 142 valence electrons. The first-order valence-corrected chi connectivity index (χ1v) is 6.59. The van der Waals surface area contributed by atoms with E-state index in [0.717, 1.165) is 0 Å². The summed E-state index contributed by atoms with van der Waals surface area (Å²) in [6.07, 6.45) is -10.6. The zero-order valence-corrected chi connectivity index (χ0v) is 12.4. The van der Waals surface area contributed by atoms with Gasteiger partial charge in [-0.25, -0.2) is 14.4 Å². The minimum Gasteiger partial charge on any atom is -0.437 e. The maximum atomic E-state index is 12.2. The SMILES string of the molecule is O=C(OCn1c(=O)n(COC(=O)C(F)(F)F)c2ccccc21)C(F)(F)F. The van der Waals surface area contributed by atoms with Gasteiger partial charge < -0.3 is 9.47 Å². The number of benzene rings is 1. The Morgan fingerprint density at radius 3 is 1.46 bits per heavy atom. The average molecular weight is 386 g/mol. The molecule has 0 unspecified atom stereocenters. The lowest BCUT2D eigenvalue weighted by Crippen LogP contribution is -2.32. The predicted molar refractivity (Wildman–Crippen MR) is 70.5 cm³/mol. The fourth-order valence-corrected chi connectivity index (χ4v) is 1.93. The summed E-state index contributed by atoms with van der Waals surface area (Å²) in [5, 5.41) is 0. The van der Waals surface area contributed by atoms with E-state index in [1.54, 1.807) is 0 Å². The van der Waals surface area contributed by atoms with Crippen molar-refractivity contribution >= 4 is 23.0 Å². The third-order valence-electron chi connectivity index (χ3n) is 3.04. The molecule has 1 aromatic carbocycles. The number of halogens is 6. The van der Waals surface area contributed by atoms with Crippen LogP contribution in [0.3, 0.4) is 0 Å². The molecule has 0 amide bonds. The summed E-state index contributed by atoms with van der Waals surface area (Å²) < 4.78 is 82.1.